The zero-order valence-electron chi connectivity index (χ0n) is 8.50. The Morgan fingerprint density at radius 1 is 1.43 bits per heavy atom. The van der Waals surface area contributed by atoms with E-state index >= 15 is 0 Å². The molecule has 0 unspecified atom stereocenters. The van der Waals surface area contributed by atoms with Crippen LogP contribution >= 0.6 is 11.8 Å². The minimum atomic E-state index is 0.148. The van der Waals surface area contributed by atoms with Gasteiger partial charge in [-0.2, -0.15) is 11.8 Å². The smallest absolute Gasteiger partial charge is 0.317 e. The van der Waals surface area contributed by atoms with Crippen molar-refractivity contribution in [1.29, 1.82) is 0 Å². The van der Waals surface area contributed by atoms with Crippen LogP contribution in [0.25, 0.3) is 0 Å². The summed E-state index contributed by atoms with van der Waals surface area (Å²) < 4.78 is 0. The van der Waals surface area contributed by atoms with Gasteiger partial charge in [0.2, 0.25) is 0 Å². The maximum atomic E-state index is 11.5. The lowest BCUT2D eigenvalue weighted by atomic mass is 10.0. The number of nitrogens with zero attached hydrogens (tertiary/aromatic N) is 1. The van der Waals surface area contributed by atoms with Gasteiger partial charge in [0.15, 0.2) is 0 Å². The molecule has 0 aromatic heterocycles. The highest BCUT2D eigenvalue weighted by Crippen LogP contribution is 2.23. The Hall–Kier alpha value is -0.380. The molecular formula is C10H18N2OS. The highest BCUT2D eigenvalue weighted by molar-refractivity contribution is 7.99. The van der Waals surface area contributed by atoms with Gasteiger partial charge in [-0.25, -0.2) is 4.79 Å². The molecule has 0 atom stereocenters. The summed E-state index contributed by atoms with van der Waals surface area (Å²) in [6.07, 6.45) is 3.68. The number of thioether (sulfide) groups is 1. The average Bonchev–Trinajstić information content (AvgIpc) is 2.23. The van der Waals surface area contributed by atoms with E-state index < -0.39 is 0 Å². The van der Waals surface area contributed by atoms with E-state index in [4.69, 9.17) is 0 Å². The van der Waals surface area contributed by atoms with Crippen LogP contribution in [0.2, 0.25) is 0 Å². The lowest BCUT2D eigenvalue weighted by Crippen LogP contribution is -2.48. The van der Waals surface area contributed by atoms with Crippen LogP contribution in [0.3, 0.4) is 0 Å². The third-order valence-electron chi connectivity index (χ3n) is 2.99. The van der Waals surface area contributed by atoms with Crippen LogP contribution < -0.4 is 5.32 Å². The summed E-state index contributed by atoms with van der Waals surface area (Å²) in [6.45, 7) is 2.79. The number of amides is 2. The van der Waals surface area contributed by atoms with Gasteiger partial charge in [0.25, 0.3) is 0 Å². The monoisotopic (exact) mass is 214 g/mol. The Labute approximate surface area is 89.6 Å². The Bertz CT molecular complexity index is 204. The van der Waals surface area contributed by atoms with Gasteiger partial charge >= 0.3 is 6.03 Å². The topological polar surface area (TPSA) is 32.3 Å². The summed E-state index contributed by atoms with van der Waals surface area (Å²) in [6, 6.07) is 0.148. The maximum Gasteiger partial charge on any atom is 0.317 e. The van der Waals surface area contributed by atoms with Gasteiger partial charge in [-0.1, -0.05) is 0 Å². The molecule has 2 saturated heterocycles. The number of carbonyl (C=O) groups excluding carboxylic acids is 1. The van der Waals surface area contributed by atoms with Crippen LogP contribution in [0.1, 0.15) is 19.3 Å². The first kappa shape index (κ1) is 10.1. The van der Waals surface area contributed by atoms with Crippen molar-refractivity contribution >= 4 is 17.8 Å². The van der Waals surface area contributed by atoms with E-state index in [-0.39, 0.29) is 6.03 Å². The summed E-state index contributed by atoms with van der Waals surface area (Å²) in [4.78, 5) is 13.5. The van der Waals surface area contributed by atoms with E-state index in [2.05, 4.69) is 5.32 Å². The molecule has 0 aliphatic carbocycles. The van der Waals surface area contributed by atoms with Crippen molar-refractivity contribution in [3.63, 3.8) is 0 Å². The van der Waals surface area contributed by atoms with Crippen molar-refractivity contribution in [2.75, 3.05) is 31.1 Å². The second-order valence-electron chi connectivity index (χ2n) is 4.09. The van der Waals surface area contributed by atoms with Crippen LogP contribution in [0.4, 0.5) is 4.79 Å². The number of urea groups is 1. The van der Waals surface area contributed by atoms with E-state index in [1.165, 1.54) is 24.3 Å². The summed E-state index contributed by atoms with van der Waals surface area (Å²) >= 11 is 2.04. The minimum absolute atomic E-state index is 0.148. The quantitative estimate of drug-likeness (QED) is 0.756. The van der Waals surface area contributed by atoms with Gasteiger partial charge < -0.3 is 10.2 Å². The Morgan fingerprint density at radius 3 is 2.93 bits per heavy atom. The zero-order chi connectivity index (χ0) is 9.80. The molecule has 0 bridgehead atoms. The fourth-order valence-electron chi connectivity index (χ4n) is 2.09. The maximum absolute atomic E-state index is 11.5. The van der Waals surface area contributed by atoms with E-state index in [0.717, 1.165) is 32.0 Å². The summed E-state index contributed by atoms with van der Waals surface area (Å²) in [7, 11) is 0. The molecule has 0 saturated carbocycles. The molecule has 3 nitrogen and oxygen atoms in total. The van der Waals surface area contributed by atoms with Crippen molar-refractivity contribution in [3.8, 4) is 0 Å². The lowest BCUT2D eigenvalue weighted by molar-refractivity contribution is 0.173. The van der Waals surface area contributed by atoms with E-state index in [1.54, 1.807) is 0 Å². The predicted octanol–water partition coefficient (Wildman–Crippen LogP) is 1.54. The number of hydrogen-bond donors (Lipinski definition) is 1. The molecule has 2 rings (SSSR count). The minimum Gasteiger partial charge on any atom is -0.338 e. The molecule has 2 aliphatic heterocycles. The molecular weight excluding hydrogens is 196 g/mol. The molecule has 14 heavy (non-hydrogen) atoms. The predicted molar refractivity (Wildman–Crippen MR) is 59.6 cm³/mol. The Morgan fingerprint density at radius 2 is 2.21 bits per heavy atom. The molecule has 4 heteroatoms. The molecule has 0 aromatic rings. The number of carbonyl (C=O) groups is 1. The molecule has 0 aromatic carbocycles. The number of nitrogens with one attached hydrogen (secondary N) is 1. The molecule has 2 heterocycles. The van der Waals surface area contributed by atoms with Gasteiger partial charge in [-0.15, -0.1) is 0 Å². The number of rotatable bonds is 2. The highest BCUT2D eigenvalue weighted by Gasteiger charge is 2.22. The third-order valence-corrected chi connectivity index (χ3v) is 4.04. The van der Waals surface area contributed by atoms with E-state index in [9.17, 15) is 4.79 Å². The fourth-order valence-corrected chi connectivity index (χ4v) is 3.30. The second kappa shape index (κ2) is 4.91. The summed E-state index contributed by atoms with van der Waals surface area (Å²) in [5, 5.41) is 2.90. The van der Waals surface area contributed by atoms with Crippen molar-refractivity contribution in [2.45, 2.75) is 19.3 Å². The zero-order valence-corrected chi connectivity index (χ0v) is 9.31. The van der Waals surface area contributed by atoms with Crippen molar-refractivity contribution < 1.29 is 4.79 Å². The first-order valence-corrected chi connectivity index (χ1v) is 6.62. The van der Waals surface area contributed by atoms with Crippen molar-refractivity contribution in [3.05, 3.63) is 0 Å². The van der Waals surface area contributed by atoms with Gasteiger partial charge in [0, 0.05) is 19.6 Å². The third kappa shape index (κ3) is 2.56. The number of hydrogen-bond acceptors (Lipinski definition) is 2. The Balaban J connectivity index is 1.79. The molecule has 2 aliphatic rings. The molecule has 2 amide bonds. The molecule has 80 valence electrons. The van der Waals surface area contributed by atoms with Gasteiger partial charge in [-0.3, -0.25) is 0 Å². The van der Waals surface area contributed by atoms with Crippen LogP contribution in [0.15, 0.2) is 0 Å². The first-order valence-electron chi connectivity index (χ1n) is 5.47. The molecule has 0 radical (unpaired) electrons. The summed E-state index contributed by atoms with van der Waals surface area (Å²) in [5.74, 6) is 3.31. The lowest BCUT2D eigenvalue weighted by Gasteiger charge is -2.32. The highest BCUT2D eigenvalue weighted by atomic mass is 32.2. The fraction of sp³-hybridized carbons (Fsp3) is 0.900. The van der Waals surface area contributed by atoms with Crippen molar-refractivity contribution in [2.24, 2.45) is 5.92 Å². The first-order chi connectivity index (χ1) is 6.86. The van der Waals surface area contributed by atoms with Gasteiger partial charge in [-0.05, 0) is 36.7 Å². The van der Waals surface area contributed by atoms with Gasteiger partial charge in [0.05, 0.1) is 0 Å². The SMILES string of the molecule is O=C1NCCCN1CC1CCSCC1. The average molecular weight is 214 g/mol. The van der Waals surface area contributed by atoms with Crippen LogP contribution in [-0.2, 0) is 0 Å². The Kier molecular flexibility index (Phi) is 3.56. The standard InChI is InChI=1S/C10H18N2OS/c13-10-11-4-1-5-12(10)8-9-2-6-14-7-3-9/h9H,1-8H2,(H,11,13). The second-order valence-corrected chi connectivity index (χ2v) is 5.31. The van der Waals surface area contributed by atoms with Gasteiger partial charge in [0.1, 0.15) is 0 Å². The van der Waals surface area contributed by atoms with Crippen molar-refractivity contribution in [1.82, 2.24) is 10.2 Å². The molecule has 2 fully saturated rings. The van der Waals surface area contributed by atoms with E-state index in [1.807, 2.05) is 16.7 Å². The van der Waals surface area contributed by atoms with Crippen LogP contribution in [-0.4, -0.2) is 42.1 Å². The summed E-state index contributed by atoms with van der Waals surface area (Å²) in [5.41, 5.74) is 0. The van der Waals surface area contributed by atoms with Crippen LogP contribution in [0.5, 0.6) is 0 Å². The van der Waals surface area contributed by atoms with Crippen LogP contribution in [0, 0.1) is 5.92 Å². The molecule has 0 spiro atoms. The van der Waals surface area contributed by atoms with E-state index in [0.29, 0.717) is 0 Å². The normalized spacial score (nSPS) is 24.9. The molecule has 1 N–H and O–H groups in total. The largest absolute Gasteiger partial charge is 0.338 e.